The van der Waals surface area contributed by atoms with Crippen LogP contribution in [0.5, 0.6) is 0 Å². The fraction of sp³-hybridized carbons (Fsp3) is 0.412. The van der Waals surface area contributed by atoms with Crippen LogP contribution >= 0.6 is 22.9 Å². The number of aliphatic hydroxyl groups is 1. The Bertz CT molecular complexity index is 616. The topological polar surface area (TPSA) is 35.5 Å². The largest absolute Gasteiger partial charge is 0.392 e. The summed E-state index contributed by atoms with van der Waals surface area (Å²) in [5, 5.41) is 16.0. The van der Waals surface area contributed by atoms with Crippen molar-refractivity contribution in [3.63, 3.8) is 0 Å². The van der Waals surface area contributed by atoms with Gasteiger partial charge in [0.1, 0.15) is 0 Å². The number of hydrogen-bond acceptors (Lipinski definition) is 4. The lowest BCUT2D eigenvalue weighted by Crippen LogP contribution is -2.23. The molecule has 3 rings (SSSR count). The SMILES string of the molecule is O[C@H]1CCN(Cc2ccccc2CNCc2sccc2Cl)C1. The van der Waals surface area contributed by atoms with Crippen LogP contribution in [-0.2, 0) is 19.6 Å². The van der Waals surface area contributed by atoms with Gasteiger partial charge in [-0.2, -0.15) is 0 Å². The van der Waals surface area contributed by atoms with E-state index < -0.39 is 0 Å². The fourth-order valence-corrected chi connectivity index (χ4v) is 3.92. The van der Waals surface area contributed by atoms with Gasteiger partial charge in [0.2, 0.25) is 0 Å². The first-order valence-electron chi connectivity index (χ1n) is 7.62. The summed E-state index contributed by atoms with van der Waals surface area (Å²) in [6.45, 7) is 4.31. The van der Waals surface area contributed by atoms with E-state index in [1.165, 1.54) is 16.0 Å². The Morgan fingerprint density at radius 2 is 2.05 bits per heavy atom. The van der Waals surface area contributed by atoms with Crippen LogP contribution in [0.4, 0.5) is 0 Å². The molecule has 0 saturated carbocycles. The molecule has 1 aliphatic heterocycles. The first kappa shape index (κ1) is 16.0. The zero-order valence-electron chi connectivity index (χ0n) is 12.5. The summed E-state index contributed by atoms with van der Waals surface area (Å²) >= 11 is 7.80. The van der Waals surface area contributed by atoms with Crippen molar-refractivity contribution in [1.82, 2.24) is 10.2 Å². The lowest BCUT2D eigenvalue weighted by molar-refractivity contribution is 0.174. The summed E-state index contributed by atoms with van der Waals surface area (Å²) in [6.07, 6.45) is 0.725. The van der Waals surface area contributed by atoms with Crippen LogP contribution in [0.15, 0.2) is 35.7 Å². The molecule has 1 atom stereocenters. The average molecular weight is 337 g/mol. The van der Waals surface area contributed by atoms with Crippen LogP contribution < -0.4 is 5.32 Å². The third kappa shape index (κ3) is 4.09. The van der Waals surface area contributed by atoms with E-state index in [1.54, 1.807) is 11.3 Å². The number of rotatable bonds is 6. The number of nitrogens with one attached hydrogen (secondary N) is 1. The summed E-state index contributed by atoms with van der Waals surface area (Å²) in [7, 11) is 0. The molecule has 1 aromatic heterocycles. The molecule has 22 heavy (non-hydrogen) atoms. The molecular formula is C17H21ClN2OS. The molecule has 0 radical (unpaired) electrons. The Labute approximate surface area is 140 Å². The minimum Gasteiger partial charge on any atom is -0.392 e. The highest BCUT2D eigenvalue weighted by Crippen LogP contribution is 2.22. The third-order valence-electron chi connectivity index (χ3n) is 4.05. The maximum atomic E-state index is 9.65. The van der Waals surface area contributed by atoms with Gasteiger partial charge in [-0.3, -0.25) is 4.90 Å². The van der Waals surface area contributed by atoms with E-state index in [1.807, 2.05) is 11.4 Å². The molecule has 2 heterocycles. The molecule has 0 amide bonds. The van der Waals surface area contributed by atoms with E-state index in [0.717, 1.165) is 44.2 Å². The van der Waals surface area contributed by atoms with Crippen molar-refractivity contribution in [2.45, 2.75) is 32.2 Å². The van der Waals surface area contributed by atoms with Gasteiger partial charge in [-0.05, 0) is 29.0 Å². The van der Waals surface area contributed by atoms with Gasteiger partial charge < -0.3 is 10.4 Å². The first-order valence-corrected chi connectivity index (χ1v) is 8.88. The fourth-order valence-electron chi connectivity index (χ4n) is 2.84. The second-order valence-electron chi connectivity index (χ2n) is 5.74. The molecule has 2 aromatic rings. The molecule has 0 aliphatic carbocycles. The first-order chi connectivity index (χ1) is 10.7. The maximum absolute atomic E-state index is 9.65. The van der Waals surface area contributed by atoms with Gasteiger partial charge in [-0.25, -0.2) is 0 Å². The highest BCUT2D eigenvalue weighted by Gasteiger charge is 2.20. The van der Waals surface area contributed by atoms with E-state index in [0.29, 0.717) is 0 Å². The van der Waals surface area contributed by atoms with E-state index >= 15 is 0 Å². The molecule has 2 N–H and O–H groups in total. The summed E-state index contributed by atoms with van der Waals surface area (Å²) in [5.41, 5.74) is 2.65. The van der Waals surface area contributed by atoms with Crippen LogP contribution in [0.25, 0.3) is 0 Å². The van der Waals surface area contributed by atoms with Gasteiger partial charge in [0.25, 0.3) is 0 Å². The van der Waals surface area contributed by atoms with Gasteiger partial charge in [-0.1, -0.05) is 35.9 Å². The average Bonchev–Trinajstić information content (AvgIpc) is 3.10. The Balaban J connectivity index is 1.58. The lowest BCUT2D eigenvalue weighted by atomic mass is 10.1. The Morgan fingerprint density at radius 1 is 1.23 bits per heavy atom. The predicted molar refractivity (Wildman–Crippen MR) is 92.2 cm³/mol. The number of halogens is 1. The summed E-state index contributed by atoms with van der Waals surface area (Å²) in [6, 6.07) is 10.5. The Hall–Kier alpha value is -0.910. The van der Waals surface area contributed by atoms with Crippen LogP contribution in [0.1, 0.15) is 22.4 Å². The van der Waals surface area contributed by atoms with Crippen LogP contribution in [0.3, 0.4) is 0 Å². The van der Waals surface area contributed by atoms with E-state index in [9.17, 15) is 5.11 Å². The van der Waals surface area contributed by atoms with Crippen molar-refractivity contribution in [1.29, 1.82) is 0 Å². The molecule has 0 bridgehead atoms. The quantitative estimate of drug-likeness (QED) is 0.850. The number of thiophene rings is 1. The van der Waals surface area contributed by atoms with Gasteiger partial charge in [0, 0.05) is 37.6 Å². The number of benzene rings is 1. The van der Waals surface area contributed by atoms with E-state index in [-0.39, 0.29) is 6.10 Å². The molecule has 0 spiro atoms. The number of hydrogen-bond donors (Lipinski definition) is 2. The predicted octanol–water partition coefficient (Wildman–Crippen LogP) is 3.26. The Morgan fingerprint density at radius 3 is 2.73 bits per heavy atom. The number of aliphatic hydroxyl groups excluding tert-OH is 1. The summed E-state index contributed by atoms with van der Waals surface area (Å²) < 4.78 is 0. The zero-order valence-corrected chi connectivity index (χ0v) is 14.0. The smallest absolute Gasteiger partial charge is 0.0679 e. The summed E-state index contributed by atoms with van der Waals surface area (Å²) in [4.78, 5) is 3.50. The van der Waals surface area contributed by atoms with E-state index in [4.69, 9.17) is 11.6 Å². The number of nitrogens with zero attached hydrogens (tertiary/aromatic N) is 1. The normalized spacial score (nSPS) is 18.9. The monoisotopic (exact) mass is 336 g/mol. The molecule has 1 aromatic carbocycles. The second-order valence-corrected chi connectivity index (χ2v) is 7.15. The zero-order chi connectivity index (χ0) is 15.4. The summed E-state index contributed by atoms with van der Waals surface area (Å²) in [5.74, 6) is 0. The minimum atomic E-state index is -0.161. The van der Waals surface area contributed by atoms with Crippen molar-refractivity contribution in [2.24, 2.45) is 0 Å². The van der Waals surface area contributed by atoms with Crippen molar-refractivity contribution in [3.05, 3.63) is 56.7 Å². The third-order valence-corrected chi connectivity index (χ3v) is 5.44. The number of β-amino-alcohol motifs (C(OH)–C–C–N with tert-alkyl or cyclic N) is 1. The van der Waals surface area contributed by atoms with Gasteiger partial charge in [-0.15, -0.1) is 11.3 Å². The van der Waals surface area contributed by atoms with Crippen LogP contribution in [0, 0.1) is 0 Å². The standard InChI is InChI=1S/C17H21ClN2OS/c18-16-6-8-22-17(16)10-19-9-13-3-1-2-4-14(13)11-20-7-5-15(21)12-20/h1-4,6,8,15,19,21H,5,7,9-12H2/t15-/m0/s1. The maximum Gasteiger partial charge on any atom is 0.0679 e. The molecule has 0 unspecified atom stereocenters. The van der Waals surface area contributed by atoms with Crippen molar-refractivity contribution in [2.75, 3.05) is 13.1 Å². The second kappa shape index (κ2) is 7.57. The minimum absolute atomic E-state index is 0.161. The highest BCUT2D eigenvalue weighted by molar-refractivity contribution is 7.10. The molecule has 1 saturated heterocycles. The van der Waals surface area contributed by atoms with Gasteiger partial charge >= 0.3 is 0 Å². The molecular weight excluding hydrogens is 316 g/mol. The van der Waals surface area contributed by atoms with Crippen molar-refractivity contribution in [3.8, 4) is 0 Å². The molecule has 1 aliphatic rings. The Kier molecular flexibility index (Phi) is 5.50. The molecule has 3 nitrogen and oxygen atoms in total. The van der Waals surface area contributed by atoms with Crippen LogP contribution in [0.2, 0.25) is 5.02 Å². The highest BCUT2D eigenvalue weighted by atomic mass is 35.5. The number of likely N-dealkylation sites (tertiary alicyclic amines) is 1. The van der Waals surface area contributed by atoms with Crippen molar-refractivity contribution >= 4 is 22.9 Å². The molecule has 118 valence electrons. The molecule has 1 fully saturated rings. The van der Waals surface area contributed by atoms with Crippen LogP contribution in [-0.4, -0.2) is 29.2 Å². The van der Waals surface area contributed by atoms with Crippen molar-refractivity contribution < 1.29 is 5.11 Å². The molecule has 5 heteroatoms. The van der Waals surface area contributed by atoms with E-state index in [2.05, 4.69) is 34.5 Å². The van der Waals surface area contributed by atoms with Gasteiger partial charge in [0.15, 0.2) is 0 Å². The lowest BCUT2D eigenvalue weighted by Gasteiger charge is -2.18. The van der Waals surface area contributed by atoms with Gasteiger partial charge in [0.05, 0.1) is 11.1 Å².